The molecule has 1 amide bonds. The Kier molecular flexibility index (Phi) is 6.75. The van der Waals surface area contributed by atoms with Crippen LogP contribution >= 0.6 is 0 Å². The van der Waals surface area contributed by atoms with E-state index in [1.165, 1.54) is 12.1 Å². The number of rotatable bonds is 8. The smallest absolute Gasteiger partial charge is 0.234 e. The average molecular weight is 330 g/mol. The van der Waals surface area contributed by atoms with Crippen molar-refractivity contribution in [2.24, 2.45) is 0 Å². The number of benzene rings is 2. The maximum atomic E-state index is 12.9. The molecule has 128 valence electrons. The second-order valence-corrected chi connectivity index (χ2v) is 5.74. The van der Waals surface area contributed by atoms with Crippen molar-refractivity contribution >= 4 is 5.91 Å². The number of nitrogens with zero attached hydrogens (tertiary/aromatic N) is 1. The van der Waals surface area contributed by atoms with Crippen molar-refractivity contribution in [1.29, 1.82) is 0 Å². The highest BCUT2D eigenvalue weighted by Crippen LogP contribution is 2.12. The minimum atomic E-state index is -0.232. The zero-order valence-electron chi connectivity index (χ0n) is 14.1. The van der Waals surface area contributed by atoms with Gasteiger partial charge in [0, 0.05) is 13.1 Å². The van der Waals surface area contributed by atoms with Gasteiger partial charge in [-0.05, 0) is 48.9 Å². The van der Waals surface area contributed by atoms with E-state index >= 15 is 0 Å². The van der Waals surface area contributed by atoms with Gasteiger partial charge < -0.3 is 10.1 Å². The molecule has 0 heterocycles. The largest absolute Gasteiger partial charge is 0.497 e. The SMILES string of the molecule is COc1cccc(CNC(=O)CN(C)CCc2ccc(F)cc2)c1. The van der Waals surface area contributed by atoms with Gasteiger partial charge in [-0.25, -0.2) is 4.39 Å². The molecule has 0 fully saturated rings. The van der Waals surface area contributed by atoms with Gasteiger partial charge in [0.2, 0.25) is 5.91 Å². The minimum absolute atomic E-state index is 0.0283. The van der Waals surface area contributed by atoms with E-state index in [9.17, 15) is 9.18 Å². The van der Waals surface area contributed by atoms with Gasteiger partial charge in [-0.3, -0.25) is 9.69 Å². The first-order valence-electron chi connectivity index (χ1n) is 7.89. The molecule has 2 rings (SSSR count). The fourth-order valence-electron chi connectivity index (χ4n) is 2.33. The summed E-state index contributed by atoms with van der Waals surface area (Å²) in [6.07, 6.45) is 0.778. The second kappa shape index (κ2) is 9.03. The maximum Gasteiger partial charge on any atom is 0.234 e. The van der Waals surface area contributed by atoms with E-state index in [0.717, 1.165) is 29.8 Å². The van der Waals surface area contributed by atoms with Crippen molar-refractivity contribution in [3.63, 3.8) is 0 Å². The number of ether oxygens (including phenoxy) is 1. The van der Waals surface area contributed by atoms with Crippen LogP contribution in [0.4, 0.5) is 4.39 Å². The zero-order chi connectivity index (χ0) is 17.4. The number of amides is 1. The van der Waals surface area contributed by atoms with Crippen LogP contribution in [0.2, 0.25) is 0 Å². The van der Waals surface area contributed by atoms with E-state index in [2.05, 4.69) is 5.32 Å². The normalized spacial score (nSPS) is 10.7. The topological polar surface area (TPSA) is 41.6 Å². The Labute approximate surface area is 142 Å². The van der Waals surface area contributed by atoms with Crippen molar-refractivity contribution in [3.05, 3.63) is 65.5 Å². The number of carbonyl (C=O) groups is 1. The molecule has 24 heavy (non-hydrogen) atoms. The fourth-order valence-corrected chi connectivity index (χ4v) is 2.33. The third-order valence-corrected chi connectivity index (χ3v) is 3.73. The van der Waals surface area contributed by atoms with Crippen LogP contribution in [-0.4, -0.2) is 38.1 Å². The molecular formula is C19H23FN2O2. The molecule has 4 nitrogen and oxygen atoms in total. The van der Waals surface area contributed by atoms with E-state index in [4.69, 9.17) is 4.74 Å². The molecule has 1 N–H and O–H groups in total. The Morgan fingerprint density at radius 2 is 1.92 bits per heavy atom. The molecule has 0 atom stereocenters. The minimum Gasteiger partial charge on any atom is -0.497 e. The maximum absolute atomic E-state index is 12.9. The molecular weight excluding hydrogens is 307 g/mol. The van der Waals surface area contributed by atoms with E-state index in [1.54, 1.807) is 19.2 Å². The van der Waals surface area contributed by atoms with Gasteiger partial charge in [0.05, 0.1) is 13.7 Å². The third kappa shape index (κ3) is 6.01. The number of carbonyl (C=O) groups excluding carboxylic acids is 1. The molecule has 0 bridgehead atoms. The molecule has 0 saturated carbocycles. The van der Waals surface area contributed by atoms with Crippen molar-refractivity contribution in [3.8, 4) is 5.75 Å². The number of hydrogen-bond donors (Lipinski definition) is 1. The zero-order valence-corrected chi connectivity index (χ0v) is 14.1. The summed E-state index contributed by atoms with van der Waals surface area (Å²) in [6, 6.07) is 14.1. The summed E-state index contributed by atoms with van der Waals surface area (Å²) in [5.74, 6) is 0.515. The first kappa shape index (κ1) is 17.9. The quantitative estimate of drug-likeness (QED) is 0.809. The summed E-state index contributed by atoms with van der Waals surface area (Å²) >= 11 is 0. The van der Waals surface area contributed by atoms with Gasteiger partial charge in [-0.1, -0.05) is 24.3 Å². The van der Waals surface area contributed by atoms with Crippen LogP contribution in [0.15, 0.2) is 48.5 Å². The lowest BCUT2D eigenvalue weighted by atomic mass is 10.1. The Morgan fingerprint density at radius 3 is 2.62 bits per heavy atom. The number of halogens is 1. The highest BCUT2D eigenvalue weighted by Gasteiger charge is 2.07. The Bertz CT molecular complexity index is 659. The van der Waals surface area contributed by atoms with Crippen LogP contribution in [0.5, 0.6) is 5.75 Å². The van der Waals surface area contributed by atoms with E-state index in [0.29, 0.717) is 13.1 Å². The first-order chi connectivity index (χ1) is 11.6. The van der Waals surface area contributed by atoms with Crippen LogP contribution in [0.25, 0.3) is 0 Å². The molecule has 0 aromatic heterocycles. The van der Waals surface area contributed by atoms with E-state index in [-0.39, 0.29) is 11.7 Å². The lowest BCUT2D eigenvalue weighted by molar-refractivity contribution is -0.122. The summed E-state index contributed by atoms with van der Waals surface area (Å²) in [7, 11) is 3.52. The van der Waals surface area contributed by atoms with Crippen LogP contribution in [0, 0.1) is 5.82 Å². The standard InChI is InChI=1S/C19H23FN2O2/c1-22(11-10-15-6-8-17(20)9-7-15)14-19(23)21-13-16-4-3-5-18(12-16)24-2/h3-9,12H,10-11,13-14H2,1-2H3,(H,21,23). The molecule has 0 unspecified atom stereocenters. The van der Waals surface area contributed by atoms with Crippen molar-refractivity contribution in [2.45, 2.75) is 13.0 Å². The highest BCUT2D eigenvalue weighted by molar-refractivity contribution is 5.77. The molecule has 0 aliphatic rings. The van der Waals surface area contributed by atoms with Crippen LogP contribution in [0.3, 0.4) is 0 Å². The van der Waals surface area contributed by atoms with Gasteiger partial charge in [0.25, 0.3) is 0 Å². The monoisotopic (exact) mass is 330 g/mol. The van der Waals surface area contributed by atoms with Crippen LogP contribution in [-0.2, 0) is 17.8 Å². The van der Waals surface area contributed by atoms with Gasteiger partial charge in [0.1, 0.15) is 11.6 Å². The third-order valence-electron chi connectivity index (χ3n) is 3.73. The van der Waals surface area contributed by atoms with E-state index in [1.807, 2.05) is 36.2 Å². The van der Waals surface area contributed by atoms with Crippen molar-refractivity contribution in [1.82, 2.24) is 10.2 Å². The molecule has 0 aliphatic heterocycles. The summed E-state index contributed by atoms with van der Waals surface area (Å²) in [5.41, 5.74) is 2.05. The fraction of sp³-hybridized carbons (Fsp3) is 0.316. The predicted octanol–water partition coefficient (Wildman–Crippen LogP) is 2.63. The number of likely N-dealkylation sites (N-methyl/N-ethyl adjacent to an activating group) is 1. The molecule has 0 aliphatic carbocycles. The molecule has 0 saturated heterocycles. The molecule has 2 aromatic rings. The summed E-state index contributed by atoms with van der Waals surface area (Å²) in [5, 5.41) is 2.90. The Hall–Kier alpha value is -2.40. The number of nitrogens with one attached hydrogen (secondary N) is 1. The lowest BCUT2D eigenvalue weighted by Crippen LogP contribution is -2.35. The summed E-state index contributed by atoms with van der Waals surface area (Å²) in [4.78, 5) is 14.0. The van der Waals surface area contributed by atoms with Gasteiger partial charge in [0.15, 0.2) is 0 Å². The summed E-state index contributed by atoms with van der Waals surface area (Å²) < 4.78 is 18.0. The lowest BCUT2D eigenvalue weighted by Gasteiger charge is -2.16. The molecule has 0 spiro atoms. The molecule has 5 heteroatoms. The second-order valence-electron chi connectivity index (χ2n) is 5.74. The Morgan fingerprint density at radius 1 is 1.17 bits per heavy atom. The van der Waals surface area contributed by atoms with Crippen molar-refractivity contribution < 1.29 is 13.9 Å². The first-order valence-corrected chi connectivity index (χ1v) is 7.89. The number of hydrogen-bond acceptors (Lipinski definition) is 3. The highest BCUT2D eigenvalue weighted by atomic mass is 19.1. The summed E-state index contributed by atoms with van der Waals surface area (Å²) in [6.45, 7) is 1.53. The van der Waals surface area contributed by atoms with Crippen LogP contribution in [0.1, 0.15) is 11.1 Å². The van der Waals surface area contributed by atoms with Gasteiger partial charge >= 0.3 is 0 Å². The van der Waals surface area contributed by atoms with Crippen molar-refractivity contribution in [2.75, 3.05) is 27.2 Å². The molecule has 2 aromatic carbocycles. The van der Waals surface area contributed by atoms with E-state index < -0.39 is 0 Å². The number of methoxy groups -OCH3 is 1. The van der Waals surface area contributed by atoms with Crippen LogP contribution < -0.4 is 10.1 Å². The molecule has 0 radical (unpaired) electrons. The van der Waals surface area contributed by atoms with Gasteiger partial charge in [-0.15, -0.1) is 0 Å². The predicted molar refractivity (Wildman–Crippen MR) is 92.4 cm³/mol. The average Bonchev–Trinajstić information content (AvgIpc) is 2.59. The van der Waals surface area contributed by atoms with Gasteiger partial charge in [-0.2, -0.15) is 0 Å². The Balaban J connectivity index is 1.71.